The Hall–Kier alpha value is -1.52. The zero-order chi connectivity index (χ0) is 14.9. The number of aromatic nitrogens is 2. The third-order valence-corrected chi connectivity index (χ3v) is 3.53. The third-order valence-electron chi connectivity index (χ3n) is 2.94. The molecule has 0 aliphatic rings. The van der Waals surface area contributed by atoms with E-state index in [4.69, 9.17) is 23.2 Å². The highest BCUT2D eigenvalue weighted by atomic mass is 35.5. The van der Waals surface area contributed by atoms with Crippen LogP contribution in [0.3, 0.4) is 0 Å². The molecule has 0 fully saturated rings. The van der Waals surface area contributed by atoms with Gasteiger partial charge >= 0.3 is 5.97 Å². The molecule has 0 bridgehead atoms. The number of benzene rings is 1. The van der Waals surface area contributed by atoms with Crippen molar-refractivity contribution >= 4 is 29.2 Å². The molecule has 4 nitrogen and oxygen atoms in total. The molecule has 0 aliphatic carbocycles. The molecule has 1 heterocycles. The molecule has 0 amide bonds. The van der Waals surface area contributed by atoms with Crippen molar-refractivity contribution in [2.24, 2.45) is 0 Å². The van der Waals surface area contributed by atoms with Crippen LogP contribution >= 0.6 is 23.2 Å². The topological polar surface area (TPSA) is 55.1 Å². The summed E-state index contributed by atoms with van der Waals surface area (Å²) >= 11 is 12.0. The second-order valence-electron chi connectivity index (χ2n) is 4.81. The molecule has 2 aromatic rings. The second kappa shape index (κ2) is 5.85. The zero-order valence-corrected chi connectivity index (χ0v) is 12.6. The predicted molar refractivity (Wildman–Crippen MR) is 78.8 cm³/mol. The molecular weight excluding hydrogens is 299 g/mol. The van der Waals surface area contributed by atoms with Gasteiger partial charge in [0.05, 0.1) is 12.2 Å². The first-order valence-electron chi connectivity index (χ1n) is 6.13. The Morgan fingerprint density at radius 2 is 2.05 bits per heavy atom. The Morgan fingerprint density at radius 1 is 1.35 bits per heavy atom. The molecule has 0 aliphatic heterocycles. The Balaban J connectivity index is 2.39. The quantitative estimate of drug-likeness (QED) is 0.926. The molecule has 20 heavy (non-hydrogen) atoms. The van der Waals surface area contributed by atoms with Gasteiger partial charge in [0.1, 0.15) is 5.69 Å². The van der Waals surface area contributed by atoms with Gasteiger partial charge in [-0.2, -0.15) is 5.10 Å². The number of rotatable bonds is 4. The molecule has 1 N–H and O–H groups in total. The summed E-state index contributed by atoms with van der Waals surface area (Å²) in [6.45, 7) is 4.23. The first-order valence-corrected chi connectivity index (χ1v) is 6.89. The summed E-state index contributed by atoms with van der Waals surface area (Å²) in [6, 6.07) is 6.71. The fourth-order valence-electron chi connectivity index (χ4n) is 1.82. The van der Waals surface area contributed by atoms with Crippen LogP contribution in [0.4, 0.5) is 0 Å². The number of aromatic carboxylic acids is 1. The summed E-state index contributed by atoms with van der Waals surface area (Å²) in [5, 5.41) is 14.6. The van der Waals surface area contributed by atoms with Crippen LogP contribution < -0.4 is 0 Å². The number of carboxylic acid groups (broad SMARTS) is 1. The Labute approximate surface area is 126 Å². The van der Waals surface area contributed by atoms with Crippen molar-refractivity contribution in [1.29, 1.82) is 0 Å². The van der Waals surface area contributed by atoms with Crippen LogP contribution in [0.2, 0.25) is 10.0 Å². The summed E-state index contributed by atoms with van der Waals surface area (Å²) in [4.78, 5) is 11.3. The van der Waals surface area contributed by atoms with Gasteiger partial charge in [-0.3, -0.25) is 4.68 Å². The summed E-state index contributed by atoms with van der Waals surface area (Å²) in [5.74, 6) is -0.843. The molecule has 0 unspecified atom stereocenters. The number of hydrogen-bond acceptors (Lipinski definition) is 2. The van der Waals surface area contributed by atoms with E-state index in [0.29, 0.717) is 16.6 Å². The van der Waals surface area contributed by atoms with Crippen LogP contribution in [0.15, 0.2) is 24.3 Å². The maximum atomic E-state index is 11.3. The Bertz CT molecular complexity index is 651. The molecule has 2 rings (SSSR count). The summed E-state index contributed by atoms with van der Waals surface area (Å²) in [5.41, 5.74) is 1.67. The van der Waals surface area contributed by atoms with E-state index >= 15 is 0 Å². The molecule has 0 saturated carbocycles. The molecule has 0 atom stereocenters. The van der Waals surface area contributed by atoms with Gasteiger partial charge in [-0.25, -0.2) is 4.79 Å². The van der Waals surface area contributed by atoms with E-state index in [-0.39, 0.29) is 11.6 Å². The minimum Gasteiger partial charge on any atom is -0.477 e. The number of halogens is 2. The van der Waals surface area contributed by atoms with Gasteiger partial charge in [-0.1, -0.05) is 43.1 Å². The number of carboxylic acids is 1. The molecule has 106 valence electrons. The van der Waals surface area contributed by atoms with E-state index in [0.717, 1.165) is 11.3 Å². The van der Waals surface area contributed by atoms with E-state index in [9.17, 15) is 9.90 Å². The lowest BCUT2D eigenvalue weighted by molar-refractivity contribution is 0.0684. The van der Waals surface area contributed by atoms with Crippen LogP contribution in [-0.2, 0) is 6.54 Å². The fourth-order valence-corrected chi connectivity index (χ4v) is 2.29. The van der Waals surface area contributed by atoms with Crippen LogP contribution in [-0.4, -0.2) is 20.9 Å². The van der Waals surface area contributed by atoms with E-state index in [1.54, 1.807) is 24.3 Å². The van der Waals surface area contributed by atoms with Crippen molar-refractivity contribution in [2.75, 3.05) is 0 Å². The standard InChI is InChI=1S/C14H14Cl2N2O2/c1-8(2)12-6-13(14(19)20)18(17-12)7-9-3-4-10(15)5-11(9)16/h3-6,8H,7H2,1-2H3,(H,19,20). The second-order valence-corrected chi connectivity index (χ2v) is 5.65. The maximum absolute atomic E-state index is 11.3. The number of nitrogens with zero attached hydrogens (tertiary/aromatic N) is 2. The lowest BCUT2D eigenvalue weighted by Crippen LogP contribution is -2.11. The van der Waals surface area contributed by atoms with Crippen molar-refractivity contribution < 1.29 is 9.90 Å². The highest BCUT2D eigenvalue weighted by Gasteiger charge is 2.17. The van der Waals surface area contributed by atoms with Gasteiger partial charge in [0, 0.05) is 10.0 Å². The van der Waals surface area contributed by atoms with Crippen molar-refractivity contribution in [3.05, 3.63) is 51.3 Å². The maximum Gasteiger partial charge on any atom is 0.354 e. The fraction of sp³-hybridized carbons (Fsp3) is 0.286. The van der Waals surface area contributed by atoms with E-state index in [1.165, 1.54) is 4.68 Å². The number of hydrogen-bond donors (Lipinski definition) is 1. The molecule has 0 radical (unpaired) electrons. The van der Waals surface area contributed by atoms with E-state index in [2.05, 4.69) is 5.10 Å². The Kier molecular flexibility index (Phi) is 4.35. The van der Waals surface area contributed by atoms with Gasteiger partial charge in [0.25, 0.3) is 0 Å². The van der Waals surface area contributed by atoms with Crippen LogP contribution in [0.25, 0.3) is 0 Å². The zero-order valence-electron chi connectivity index (χ0n) is 11.1. The first-order chi connectivity index (χ1) is 9.38. The molecule has 6 heteroatoms. The van der Waals surface area contributed by atoms with Gasteiger partial charge < -0.3 is 5.11 Å². The third kappa shape index (κ3) is 3.14. The minimum atomic E-state index is -1.01. The van der Waals surface area contributed by atoms with Gasteiger partial charge in [-0.15, -0.1) is 0 Å². The molecule has 0 spiro atoms. The molecular formula is C14H14Cl2N2O2. The average Bonchev–Trinajstić information content (AvgIpc) is 2.77. The predicted octanol–water partition coefficient (Wildman–Crippen LogP) is 4.06. The van der Waals surface area contributed by atoms with E-state index in [1.807, 2.05) is 13.8 Å². The largest absolute Gasteiger partial charge is 0.477 e. The Morgan fingerprint density at radius 3 is 2.60 bits per heavy atom. The normalized spacial score (nSPS) is 11.1. The lowest BCUT2D eigenvalue weighted by Gasteiger charge is -2.07. The van der Waals surface area contributed by atoms with Crippen molar-refractivity contribution in [1.82, 2.24) is 9.78 Å². The molecule has 0 saturated heterocycles. The summed E-state index contributed by atoms with van der Waals surface area (Å²) in [6.07, 6.45) is 0. The molecule has 1 aromatic heterocycles. The first kappa shape index (κ1) is 14.9. The summed E-state index contributed by atoms with van der Waals surface area (Å²) < 4.78 is 1.45. The smallest absolute Gasteiger partial charge is 0.354 e. The molecule has 1 aromatic carbocycles. The summed E-state index contributed by atoms with van der Waals surface area (Å²) in [7, 11) is 0. The average molecular weight is 313 g/mol. The van der Waals surface area contributed by atoms with Gasteiger partial charge in [0.2, 0.25) is 0 Å². The minimum absolute atomic E-state index is 0.153. The van der Waals surface area contributed by atoms with Crippen molar-refractivity contribution in [3.8, 4) is 0 Å². The van der Waals surface area contributed by atoms with Gasteiger partial charge in [0.15, 0.2) is 0 Å². The van der Waals surface area contributed by atoms with Crippen LogP contribution in [0.1, 0.15) is 41.5 Å². The monoisotopic (exact) mass is 312 g/mol. The van der Waals surface area contributed by atoms with Crippen LogP contribution in [0, 0.1) is 0 Å². The lowest BCUT2D eigenvalue weighted by atomic mass is 10.1. The van der Waals surface area contributed by atoms with Crippen molar-refractivity contribution in [2.45, 2.75) is 26.3 Å². The number of carbonyl (C=O) groups is 1. The highest BCUT2D eigenvalue weighted by Crippen LogP contribution is 2.23. The van der Waals surface area contributed by atoms with Gasteiger partial charge in [-0.05, 0) is 29.7 Å². The highest BCUT2D eigenvalue weighted by molar-refractivity contribution is 6.35. The van der Waals surface area contributed by atoms with Crippen LogP contribution in [0.5, 0.6) is 0 Å². The van der Waals surface area contributed by atoms with Crippen molar-refractivity contribution in [3.63, 3.8) is 0 Å². The van der Waals surface area contributed by atoms with E-state index < -0.39 is 5.97 Å². The SMILES string of the molecule is CC(C)c1cc(C(=O)O)n(Cc2ccc(Cl)cc2Cl)n1.